The summed E-state index contributed by atoms with van der Waals surface area (Å²) in [4.78, 5) is 12.4. The molecule has 0 aliphatic rings. The minimum atomic E-state index is -0.0958. The maximum Gasteiger partial charge on any atom is 0.230 e. The fourth-order valence-electron chi connectivity index (χ4n) is 3.30. The van der Waals surface area contributed by atoms with Gasteiger partial charge in [-0.2, -0.15) is 10.2 Å². The molecule has 1 amide bonds. The van der Waals surface area contributed by atoms with Crippen LogP contribution in [-0.2, 0) is 11.3 Å². The Morgan fingerprint density at radius 2 is 2.03 bits per heavy atom. The summed E-state index contributed by atoms with van der Waals surface area (Å²) in [5.74, 6) is 1.06. The summed E-state index contributed by atoms with van der Waals surface area (Å²) in [5.41, 5.74) is 5.16. The molecule has 0 fully saturated rings. The van der Waals surface area contributed by atoms with Crippen LogP contribution in [0.15, 0.2) is 52.2 Å². The molecular weight excluding hydrogens is 410 g/mol. The van der Waals surface area contributed by atoms with Gasteiger partial charge in [-0.3, -0.25) is 4.79 Å². The lowest BCUT2D eigenvalue weighted by molar-refractivity contribution is -0.118. The first-order valence-corrected chi connectivity index (χ1v) is 11.2. The van der Waals surface area contributed by atoms with Crippen molar-refractivity contribution in [3.8, 4) is 5.69 Å². The number of hydrogen-bond donors (Lipinski definition) is 1. The molecule has 3 heterocycles. The van der Waals surface area contributed by atoms with Gasteiger partial charge in [0, 0.05) is 5.39 Å². The Bertz CT molecular complexity index is 1210. The molecule has 1 N–H and O–H groups in total. The molecule has 0 radical (unpaired) electrons. The molecule has 31 heavy (non-hydrogen) atoms. The highest BCUT2D eigenvalue weighted by Gasteiger charge is 2.19. The Kier molecular flexibility index (Phi) is 6.08. The summed E-state index contributed by atoms with van der Waals surface area (Å²) in [7, 11) is 0. The van der Waals surface area contributed by atoms with Gasteiger partial charge in [-0.25, -0.2) is 4.68 Å². The lowest BCUT2D eigenvalue weighted by Gasteiger charge is -2.11. The lowest BCUT2D eigenvalue weighted by atomic mass is 10.1. The summed E-state index contributed by atoms with van der Waals surface area (Å²) < 4.78 is 7.15. The van der Waals surface area contributed by atoms with Crippen molar-refractivity contribution in [2.45, 2.75) is 45.2 Å². The Morgan fingerprint density at radius 3 is 2.74 bits per heavy atom. The van der Waals surface area contributed by atoms with Gasteiger partial charge in [-0.15, -0.1) is 5.10 Å². The molecule has 1 aromatic carbocycles. The Hall–Kier alpha value is -3.13. The van der Waals surface area contributed by atoms with Gasteiger partial charge in [0.2, 0.25) is 5.91 Å². The quantitative estimate of drug-likeness (QED) is 0.429. The SMILES string of the molecule is Cc1ccc(-n2ncc3c(C(C)C)nnc(SCC(=O)NCc4ccco4)c32)cc1C. The Morgan fingerprint density at radius 1 is 1.19 bits per heavy atom. The highest BCUT2D eigenvalue weighted by atomic mass is 32.2. The Labute approximate surface area is 185 Å². The molecule has 3 aromatic heterocycles. The molecule has 4 rings (SSSR count). The fourth-order valence-corrected chi connectivity index (χ4v) is 4.10. The highest BCUT2D eigenvalue weighted by molar-refractivity contribution is 8.00. The van der Waals surface area contributed by atoms with Crippen LogP contribution in [0, 0.1) is 13.8 Å². The summed E-state index contributed by atoms with van der Waals surface area (Å²) >= 11 is 1.36. The fraction of sp³-hybridized carbons (Fsp3) is 0.304. The summed E-state index contributed by atoms with van der Waals surface area (Å²) in [6.45, 7) is 8.71. The summed E-state index contributed by atoms with van der Waals surface area (Å²) in [6, 6.07) is 9.88. The van der Waals surface area contributed by atoms with E-state index in [0.717, 1.165) is 28.0 Å². The summed E-state index contributed by atoms with van der Waals surface area (Å²) in [5, 5.41) is 18.1. The first-order valence-electron chi connectivity index (χ1n) is 10.2. The predicted octanol–water partition coefficient (Wildman–Crippen LogP) is 4.56. The Balaban J connectivity index is 1.64. The van der Waals surface area contributed by atoms with Gasteiger partial charge in [0.15, 0.2) is 0 Å². The second-order valence-electron chi connectivity index (χ2n) is 7.78. The molecule has 0 atom stereocenters. The number of nitrogens with one attached hydrogen (secondary N) is 1. The minimum absolute atomic E-state index is 0.0958. The maximum absolute atomic E-state index is 12.4. The second-order valence-corrected chi connectivity index (χ2v) is 8.74. The van der Waals surface area contributed by atoms with Crippen molar-refractivity contribution >= 4 is 28.6 Å². The highest BCUT2D eigenvalue weighted by Crippen LogP contribution is 2.31. The average molecular weight is 436 g/mol. The molecule has 8 heteroatoms. The average Bonchev–Trinajstić information content (AvgIpc) is 3.42. The van der Waals surface area contributed by atoms with E-state index in [2.05, 4.69) is 66.5 Å². The lowest BCUT2D eigenvalue weighted by Crippen LogP contribution is -2.24. The molecule has 0 aliphatic carbocycles. The molecule has 0 unspecified atom stereocenters. The van der Waals surface area contributed by atoms with E-state index < -0.39 is 0 Å². The van der Waals surface area contributed by atoms with E-state index in [1.54, 1.807) is 12.3 Å². The van der Waals surface area contributed by atoms with E-state index in [0.29, 0.717) is 11.6 Å². The number of thioether (sulfide) groups is 1. The largest absolute Gasteiger partial charge is 0.467 e. The normalized spacial score (nSPS) is 11.4. The number of furan rings is 1. The molecule has 4 aromatic rings. The van der Waals surface area contributed by atoms with Gasteiger partial charge in [0.05, 0.1) is 36.1 Å². The van der Waals surface area contributed by atoms with E-state index >= 15 is 0 Å². The zero-order valence-electron chi connectivity index (χ0n) is 18.0. The molecular formula is C23H25N5O2S. The number of rotatable bonds is 7. The summed E-state index contributed by atoms with van der Waals surface area (Å²) in [6.07, 6.45) is 3.43. The van der Waals surface area contributed by atoms with Crippen LogP contribution in [0.2, 0.25) is 0 Å². The van der Waals surface area contributed by atoms with Crippen molar-refractivity contribution in [1.29, 1.82) is 0 Å². The maximum atomic E-state index is 12.4. The molecule has 0 bridgehead atoms. The third kappa shape index (κ3) is 4.49. The van der Waals surface area contributed by atoms with E-state index in [1.807, 2.05) is 16.9 Å². The van der Waals surface area contributed by atoms with Crippen molar-refractivity contribution in [3.05, 3.63) is 65.4 Å². The van der Waals surface area contributed by atoms with Gasteiger partial charge in [0.25, 0.3) is 0 Å². The van der Waals surface area contributed by atoms with Gasteiger partial charge in [-0.05, 0) is 55.2 Å². The van der Waals surface area contributed by atoms with E-state index in [-0.39, 0.29) is 17.6 Å². The smallest absolute Gasteiger partial charge is 0.230 e. The van der Waals surface area contributed by atoms with Crippen molar-refractivity contribution in [2.24, 2.45) is 0 Å². The molecule has 0 saturated heterocycles. The van der Waals surface area contributed by atoms with Crippen LogP contribution >= 0.6 is 11.8 Å². The topological polar surface area (TPSA) is 85.8 Å². The van der Waals surface area contributed by atoms with Crippen LogP contribution < -0.4 is 5.32 Å². The van der Waals surface area contributed by atoms with E-state index in [9.17, 15) is 4.79 Å². The number of aromatic nitrogens is 4. The zero-order chi connectivity index (χ0) is 22.0. The zero-order valence-corrected chi connectivity index (χ0v) is 18.9. The van der Waals surface area contributed by atoms with Gasteiger partial charge >= 0.3 is 0 Å². The number of carbonyl (C=O) groups excluding carboxylic acids is 1. The van der Waals surface area contributed by atoms with Crippen LogP contribution in [0.5, 0.6) is 0 Å². The van der Waals surface area contributed by atoms with E-state index in [1.165, 1.54) is 22.9 Å². The third-order valence-electron chi connectivity index (χ3n) is 5.16. The monoisotopic (exact) mass is 435 g/mol. The van der Waals surface area contributed by atoms with Crippen molar-refractivity contribution in [3.63, 3.8) is 0 Å². The van der Waals surface area contributed by atoms with Crippen LogP contribution in [0.4, 0.5) is 0 Å². The minimum Gasteiger partial charge on any atom is -0.467 e. The van der Waals surface area contributed by atoms with Crippen LogP contribution in [-0.4, -0.2) is 31.6 Å². The molecule has 160 valence electrons. The number of fused-ring (bicyclic) bond motifs is 1. The van der Waals surface area contributed by atoms with Crippen molar-refractivity contribution in [1.82, 2.24) is 25.3 Å². The third-order valence-corrected chi connectivity index (χ3v) is 6.11. The number of carbonyl (C=O) groups is 1. The first kappa shape index (κ1) is 21.1. The predicted molar refractivity (Wildman–Crippen MR) is 122 cm³/mol. The van der Waals surface area contributed by atoms with Crippen LogP contribution in [0.1, 0.15) is 42.3 Å². The van der Waals surface area contributed by atoms with Crippen LogP contribution in [0.25, 0.3) is 16.6 Å². The van der Waals surface area contributed by atoms with Crippen molar-refractivity contribution < 1.29 is 9.21 Å². The van der Waals surface area contributed by atoms with Crippen LogP contribution in [0.3, 0.4) is 0 Å². The van der Waals surface area contributed by atoms with Gasteiger partial charge in [0.1, 0.15) is 16.3 Å². The number of hydrogen-bond acceptors (Lipinski definition) is 6. The standard InChI is InChI=1S/C23H25N5O2S/c1-14(2)21-19-12-25-28(17-8-7-15(3)16(4)10-17)22(19)23(27-26-21)31-13-20(29)24-11-18-6-5-9-30-18/h5-10,12,14H,11,13H2,1-4H3,(H,24,29). The molecule has 7 nitrogen and oxygen atoms in total. The van der Waals surface area contributed by atoms with Gasteiger partial charge < -0.3 is 9.73 Å². The van der Waals surface area contributed by atoms with E-state index in [4.69, 9.17) is 4.42 Å². The van der Waals surface area contributed by atoms with Crippen molar-refractivity contribution in [2.75, 3.05) is 5.75 Å². The number of benzene rings is 1. The second kappa shape index (κ2) is 8.93. The first-order chi connectivity index (χ1) is 14.9. The molecule has 0 saturated carbocycles. The molecule has 0 spiro atoms. The number of aryl methyl sites for hydroxylation is 2. The number of nitrogens with zero attached hydrogens (tertiary/aromatic N) is 4. The number of amides is 1. The van der Waals surface area contributed by atoms with Gasteiger partial charge in [-0.1, -0.05) is 31.7 Å². The molecule has 0 aliphatic heterocycles.